The molecule has 2 saturated heterocycles. The molecule has 0 bridgehead atoms. The van der Waals surface area contributed by atoms with E-state index in [9.17, 15) is 24.0 Å². The number of nitrogens with two attached hydrogens (primary N) is 1. The maximum atomic E-state index is 13.7. The van der Waals surface area contributed by atoms with Crippen molar-refractivity contribution in [2.45, 2.75) is 44.3 Å². The van der Waals surface area contributed by atoms with Gasteiger partial charge in [0.2, 0.25) is 11.8 Å². The number of carbonyl (C=O) groups is 5. The number of nitrogens with one attached hydrogen (secondary N) is 2. The van der Waals surface area contributed by atoms with Crippen LogP contribution in [0.5, 0.6) is 11.5 Å². The summed E-state index contributed by atoms with van der Waals surface area (Å²) in [5, 5.41) is 19.3. The minimum atomic E-state index is -1.03. The van der Waals surface area contributed by atoms with Crippen LogP contribution < -0.4 is 21.1 Å². The first-order chi connectivity index (χ1) is 32.7. The third kappa shape index (κ3) is 9.83. The van der Waals surface area contributed by atoms with Gasteiger partial charge in [0.15, 0.2) is 11.3 Å². The highest BCUT2D eigenvalue weighted by Crippen LogP contribution is 2.36. The van der Waals surface area contributed by atoms with Crippen molar-refractivity contribution in [3.63, 3.8) is 0 Å². The van der Waals surface area contributed by atoms with Gasteiger partial charge in [-0.15, -0.1) is 5.10 Å². The van der Waals surface area contributed by atoms with Crippen molar-refractivity contribution >= 4 is 52.1 Å². The molecule has 3 aromatic heterocycles. The van der Waals surface area contributed by atoms with Crippen molar-refractivity contribution in [2.75, 3.05) is 70.3 Å². The van der Waals surface area contributed by atoms with Crippen LogP contribution in [0.4, 0.5) is 11.5 Å². The van der Waals surface area contributed by atoms with Crippen molar-refractivity contribution < 1.29 is 42.9 Å². The molecule has 3 aliphatic heterocycles. The number of fused-ring (bicyclic) bond motifs is 2. The zero-order chi connectivity index (χ0) is 46.3. The maximum Gasteiger partial charge on any atom is 0.276 e. The Morgan fingerprint density at radius 2 is 1.60 bits per heavy atom. The van der Waals surface area contributed by atoms with E-state index >= 15 is 0 Å². The Morgan fingerprint density at radius 1 is 0.836 bits per heavy atom. The molecule has 0 saturated carbocycles. The Hall–Kier alpha value is -7.62. The summed E-state index contributed by atoms with van der Waals surface area (Å²) >= 11 is 0. The molecule has 6 heterocycles. The first kappa shape index (κ1) is 44.6. The largest absolute Gasteiger partial charge is 0.457 e. The van der Waals surface area contributed by atoms with E-state index in [4.69, 9.17) is 29.8 Å². The number of ether oxygens (including phenoxy) is 4. The van der Waals surface area contributed by atoms with Crippen LogP contribution in [0.15, 0.2) is 85.3 Å². The molecular weight excluding hydrogens is 865 g/mol. The fourth-order valence-corrected chi connectivity index (χ4v) is 8.38. The Kier molecular flexibility index (Phi) is 13.5. The van der Waals surface area contributed by atoms with Gasteiger partial charge in [0.25, 0.3) is 17.7 Å². The summed E-state index contributed by atoms with van der Waals surface area (Å²) in [6.07, 6.45) is 4.73. The van der Waals surface area contributed by atoms with Gasteiger partial charge in [-0.05, 0) is 67.8 Å². The summed E-state index contributed by atoms with van der Waals surface area (Å²) in [7, 11) is 0. The molecule has 0 radical (unpaired) electrons. The highest BCUT2D eigenvalue weighted by molar-refractivity contribution is 6.25. The number of hydrogen-bond acceptors (Lipinski definition) is 16. The van der Waals surface area contributed by atoms with Gasteiger partial charge in [0.1, 0.15) is 35.4 Å². The molecule has 3 aromatic carbocycles. The molecule has 21 heteroatoms. The monoisotopic (exact) mass is 912 g/mol. The van der Waals surface area contributed by atoms with E-state index in [1.165, 1.54) is 6.33 Å². The molecule has 0 spiro atoms. The van der Waals surface area contributed by atoms with Crippen molar-refractivity contribution in [1.29, 1.82) is 0 Å². The number of nitrogen functional groups attached to an aromatic ring is 1. The number of para-hydroxylation sites is 1. The molecule has 1 unspecified atom stereocenters. The summed E-state index contributed by atoms with van der Waals surface area (Å²) in [5.41, 5.74) is 9.56. The second kappa shape index (κ2) is 20.3. The highest BCUT2D eigenvalue weighted by atomic mass is 16.5. The molecule has 21 nitrogen and oxygen atoms in total. The first-order valence-electron chi connectivity index (χ1n) is 22.1. The van der Waals surface area contributed by atoms with E-state index in [0.717, 1.165) is 29.1 Å². The Labute approximate surface area is 383 Å². The summed E-state index contributed by atoms with van der Waals surface area (Å²) in [5.74, 6) is -0.712. The van der Waals surface area contributed by atoms with Crippen molar-refractivity contribution in [1.82, 2.24) is 49.9 Å². The van der Waals surface area contributed by atoms with E-state index in [2.05, 4.69) is 30.9 Å². The molecule has 9 rings (SSSR count). The number of imide groups is 2. The number of carbonyl (C=O) groups excluding carboxylic acids is 5. The Balaban J connectivity index is 0.681. The molecule has 0 aliphatic carbocycles. The number of anilines is 2. The Morgan fingerprint density at radius 3 is 2.39 bits per heavy atom. The van der Waals surface area contributed by atoms with Gasteiger partial charge >= 0.3 is 0 Å². The van der Waals surface area contributed by atoms with Crippen molar-refractivity contribution in [3.8, 4) is 22.8 Å². The normalized spacial score (nSPS) is 17.3. The third-order valence-corrected chi connectivity index (χ3v) is 11.7. The van der Waals surface area contributed by atoms with Crippen LogP contribution in [0.1, 0.15) is 62.9 Å². The zero-order valence-electron chi connectivity index (χ0n) is 36.4. The number of aromatic nitrogens is 7. The minimum Gasteiger partial charge on any atom is -0.457 e. The van der Waals surface area contributed by atoms with Crippen LogP contribution in [0.3, 0.4) is 0 Å². The fourth-order valence-electron chi connectivity index (χ4n) is 8.38. The molecule has 67 heavy (non-hydrogen) atoms. The minimum absolute atomic E-state index is 0.0506. The lowest BCUT2D eigenvalue weighted by atomic mass is 10.0. The smallest absolute Gasteiger partial charge is 0.276 e. The van der Waals surface area contributed by atoms with E-state index < -0.39 is 29.7 Å². The molecule has 346 valence electrons. The van der Waals surface area contributed by atoms with E-state index in [0.29, 0.717) is 99.8 Å². The lowest BCUT2D eigenvalue weighted by Gasteiger charge is -2.32. The van der Waals surface area contributed by atoms with Crippen molar-refractivity contribution in [2.24, 2.45) is 0 Å². The van der Waals surface area contributed by atoms with Crippen LogP contribution >= 0.6 is 0 Å². The van der Waals surface area contributed by atoms with E-state index in [1.54, 1.807) is 34.0 Å². The quantitative estimate of drug-likeness (QED) is 0.0777. The van der Waals surface area contributed by atoms with Crippen LogP contribution in [0.2, 0.25) is 0 Å². The number of piperidine rings is 2. The lowest BCUT2D eigenvalue weighted by Crippen LogP contribution is -2.54. The Bertz CT molecular complexity index is 2780. The first-order valence-corrected chi connectivity index (χ1v) is 22.1. The predicted molar refractivity (Wildman–Crippen MR) is 240 cm³/mol. The number of hydrogen-bond donors (Lipinski definition) is 3. The molecule has 6 aromatic rings. The number of likely N-dealkylation sites (tertiary alicyclic amines) is 1. The third-order valence-electron chi connectivity index (χ3n) is 11.7. The van der Waals surface area contributed by atoms with Gasteiger partial charge < -0.3 is 34.9 Å². The van der Waals surface area contributed by atoms with Crippen molar-refractivity contribution in [3.05, 3.63) is 102 Å². The predicted octanol–water partition coefficient (Wildman–Crippen LogP) is 3.50. The summed E-state index contributed by atoms with van der Waals surface area (Å²) in [4.78, 5) is 75.5. The van der Waals surface area contributed by atoms with E-state index in [1.807, 2.05) is 59.3 Å². The van der Waals surface area contributed by atoms with Crippen LogP contribution in [0.25, 0.3) is 22.3 Å². The summed E-state index contributed by atoms with van der Waals surface area (Å²) in [6, 6.07) is 20.9. The van der Waals surface area contributed by atoms with Gasteiger partial charge in [-0.25, -0.2) is 19.3 Å². The SMILES string of the molecule is Nc1ncnc2c1c(-c1ccc(Oc3ccccc3)cc1)nn2[C@H]1CCCN(C(=O)c2cn(CCOCCOCCOCCNc3cccc4c3C(=O)N(C3CCC(=O)NC3=O)C4=O)nn2)C1. The van der Waals surface area contributed by atoms with Gasteiger partial charge in [-0.2, -0.15) is 5.10 Å². The van der Waals surface area contributed by atoms with Crippen LogP contribution in [0, 0.1) is 0 Å². The van der Waals surface area contributed by atoms with Gasteiger partial charge in [0, 0.05) is 37.3 Å². The lowest BCUT2D eigenvalue weighted by molar-refractivity contribution is -0.136. The molecular formula is C46H48N12O9. The molecule has 3 aliphatic rings. The maximum absolute atomic E-state index is 13.7. The number of nitrogens with zero attached hydrogens (tertiary/aromatic N) is 9. The highest BCUT2D eigenvalue weighted by Gasteiger charge is 2.45. The number of amides is 5. The number of rotatable bonds is 19. The topological polar surface area (TPSA) is 253 Å². The van der Waals surface area contributed by atoms with Gasteiger partial charge in [-0.1, -0.05) is 29.5 Å². The van der Waals surface area contributed by atoms with Gasteiger partial charge in [-0.3, -0.25) is 34.2 Å². The number of benzene rings is 3. The van der Waals surface area contributed by atoms with Crippen LogP contribution in [-0.2, 0) is 30.3 Å². The summed E-state index contributed by atoms with van der Waals surface area (Å²) in [6.45, 7) is 3.69. The fraction of sp³-hybridized carbons (Fsp3) is 0.348. The zero-order valence-corrected chi connectivity index (χ0v) is 36.4. The molecule has 2 atom stereocenters. The average Bonchev–Trinajstić information content (AvgIpc) is 4.05. The second-order valence-corrected chi connectivity index (χ2v) is 16.0. The molecule has 2 fully saturated rings. The molecule has 4 N–H and O–H groups in total. The van der Waals surface area contributed by atoms with Crippen LogP contribution in [-0.4, -0.2) is 139 Å². The summed E-state index contributed by atoms with van der Waals surface area (Å²) < 4.78 is 26.4. The van der Waals surface area contributed by atoms with E-state index in [-0.39, 0.29) is 41.6 Å². The van der Waals surface area contributed by atoms with Gasteiger partial charge in [0.05, 0.1) is 74.9 Å². The molecule has 5 amide bonds. The standard InChI is InChI=1S/C46H48N12O9/c47-41-39-40(29-11-13-32(14-12-29)67-31-7-2-1-3-8-31)53-58(42(39)50-28-49-41)30-6-5-18-55(26-30)45(62)35-27-56(54-52-35)19-21-65-23-25-66-24-22-64-20-17-48-34-10-4-9-33-38(34)46(63)57(44(33)61)36-15-16-37(59)51-43(36)60/h1-4,7-14,27-28,30,36,48H,5-6,15-26H2,(H2,47,49,50)(H,51,59,60)/t30-,36?/m0/s1. The second-order valence-electron chi connectivity index (χ2n) is 16.0. The average molecular weight is 913 g/mol.